The Morgan fingerprint density at radius 3 is 2.00 bits per heavy atom. The van der Waals surface area contributed by atoms with Crippen LogP contribution in [0.4, 0.5) is 8.78 Å². The summed E-state index contributed by atoms with van der Waals surface area (Å²) >= 11 is 0. The lowest BCUT2D eigenvalue weighted by Gasteiger charge is -2.20. The fourth-order valence-corrected chi connectivity index (χ4v) is 1.63. The van der Waals surface area contributed by atoms with Crippen LogP contribution in [-0.2, 0) is 5.92 Å². The van der Waals surface area contributed by atoms with Crippen LogP contribution in [0.1, 0.15) is 12.5 Å². The molecule has 4 heteroatoms. The van der Waals surface area contributed by atoms with E-state index in [-0.39, 0.29) is 5.56 Å². The van der Waals surface area contributed by atoms with Gasteiger partial charge in [-0.05, 0) is 43.3 Å². The number of nitrogens with two attached hydrogens (primary N) is 1. The van der Waals surface area contributed by atoms with Crippen molar-refractivity contribution in [3.05, 3.63) is 60.2 Å². The summed E-state index contributed by atoms with van der Waals surface area (Å²) in [6.45, 7) is 1.29. The highest BCUT2D eigenvalue weighted by molar-refractivity contribution is 5.34. The molecule has 0 heterocycles. The molecule has 0 fully saturated rings. The number of hydrogen-bond acceptors (Lipinski definition) is 2. The lowest BCUT2D eigenvalue weighted by atomic mass is 10.0. The molecule has 0 aliphatic heterocycles. The van der Waals surface area contributed by atoms with E-state index in [0.717, 1.165) is 0 Å². The van der Waals surface area contributed by atoms with Crippen LogP contribution in [0.3, 0.4) is 0 Å². The van der Waals surface area contributed by atoms with Crippen molar-refractivity contribution in [3.63, 3.8) is 0 Å². The summed E-state index contributed by atoms with van der Waals surface area (Å²) in [5.41, 5.74) is 5.17. The molecular weight excluding hydrogens is 248 g/mol. The van der Waals surface area contributed by atoms with Gasteiger partial charge < -0.3 is 10.5 Å². The molecule has 2 aromatic rings. The lowest BCUT2D eigenvalue weighted by molar-refractivity contribution is -0.0256. The standard InChI is InChI=1S/C15H15F2NO/c1-11(18)15(16,17)12-7-9-14(10-8-12)19-13-5-3-2-4-6-13/h2-11H,18H2,1H3. The predicted octanol–water partition coefficient (Wildman–Crippen LogP) is 3.92. The van der Waals surface area contributed by atoms with Crippen LogP contribution in [0.2, 0.25) is 0 Å². The number of halogens is 2. The molecule has 2 rings (SSSR count). The highest BCUT2D eigenvalue weighted by Crippen LogP contribution is 2.32. The van der Waals surface area contributed by atoms with Crippen LogP contribution in [0.15, 0.2) is 54.6 Å². The summed E-state index contributed by atoms with van der Waals surface area (Å²) in [5, 5.41) is 0. The number of ether oxygens (including phenoxy) is 1. The van der Waals surface area contributed by atoms with Crippen molar-refractivity contribution in [1.82, 2.24) is 0 Å². The molecule has 0 radical (unpaired) electrons. The van der Waals surface area contributed by atoms with E-state index in [1.165, 1.54) is 31.2 Å². The van der Waals surface area contributed by atoms with Gasteiger partial charge in [-0.15, -0.1) is 0 Å². The van der Waals surface area contributed by atoms with Gasteiger partial charge in [-0.25, -0.2) is 0 Å². The van der Waals surface area contributed by atoms with E-state index < -0.39 is 12.0 Å². The maximum atomic E-state index is 13.7. The van der Waals surface area contributed by atoms with Gasteiger partial charge >= 0.3 is 0 Å². The molecular formula is C15H15F2NO. The van der Waals surface area contributed by atoms with Gasteiger partial charge in [0.05, 0.1) is 6.04 Å². The van der Waals surface area contributed by atoms with Gasteiger partial charge in [0.25, 0.3) is 5.92 Å². The van der Waals surface area contributed by atoms with Gasteiger partial charge in [0.1, 0.15) is 11.5 Å². The van der Waals surface area contributed by atoms with Gasteiger partial charge in [-0.3, -0.25) is 0 Å². The van der Waals surface area contributed by atoms with Crippen molar-refractivity contribution in [2.75, 3.05) is 0 Å². The van der Waals surface area contributed by atoms with Crippen molar-refractivity contribution in [2.45, 2.75) is 18.9 Å². The molecule has 0 aliphatic carbocycles. The van der Waals surface area contributed by atoms with Gasteiger partial charge in [-0.1, -0.05) is 18.2 Å². The third-order valence-electron chi connectivity index (χ3n) is 2.79. The van der Waals surface area contributed by atoms with Gasteiger partial charge in [0, 0.05) is 5.56 Å². The molecule has 0 amide bonds. The van der Waals surface area contributed by atoms with Crippen molar-refractivity contribution >= 4 is 0 Å². The Bertz CT molecular complexity index is 524. The minimum absolute atomic E-state index is 0.108. The van der Waals surface area contributed by atoms with Crippen molar-refractivity contribution in [1.29, 1.82) is 0 Å². The zero-order valence-electron chi connectivity index (χ0n) is 10.5. The van der Waals surface area contributed by atoms with E-state index in [9.17, 15) is 8.78 Å². The monoisotopic (exact) mass is 263 g/mol. The normalized spacial score (nSPS) is 13.1. The number of alkyl halides is 2. The summed E-state index contributed by atoms with van der Waals surface area (Å²) in [6, 6.07) is 13.6. The second-order valence-corrected chi connectivity index (χ2v) is 4.35. The summed E-state index contributed by atoms with van der Waals surface area (Å²) in [4.78, 5) is 0. The quantitative estimate of drug-likeness (QED) is 0.907. The summed E-state index contributed by atoms with van der Waals surface area (Å²) in [7, 11) is 0. The zero-order chi connectivity index (χ0) is 13.9. The lowest BCUT2D eigenvalue weighted by Crippen LogP contribution is -2.35. The van der Waals surface area contributed by atoms with E-state index in [2.05, 4.69) is 0 Å². The SMILES string of the molecule is CC(N)C(F)(F)c1ccc(Oc2ccccc2)cc1. The molecule has 2 N–H and O–H groups in total. The second kappa shape index (κ2) is 5.36. The fraction of sp³-hybridized carbons (Fsp3) is 0.200. The molecule has 1 unspecified atom stereocenters. The molecule has 0 saturated carbocycles. The number of benzene rings is 2. The maximum Gasteiger partial charge on any atom is 0.287 e. The van der Waals surface area contributed by atoms with Crippen LogP contribution >= 0.6 is 0 Å². The molecule has 0 saturated heterocycles. The Balaban J connectivity index is 2.15. The van der Waals surface area contributed by atoms with E-state index in [4.69, 9.17) is 10.5 Å². The first kappa shape index (κ1) is 13.5. The van der Waals surface area contributed by atoms with Crippen LogP contribution in [0.5, 0.6) is 11.5 Å². The Morgan fingerprint density at radius 2 is 1.47 bits per heavy atom. The first-order chi connectivity index (χ1) is 9.00. The minimum atomic E-state index is -3.04. The highest BCUT2D eigenvalue weighted by atomic mass is 19.3. The average Bonchev–Trinajstić information content (AvgIpc) is 2.40. The smallest absolute Gasteiger partial charge is 0.287 e. The molecule has 2 aromatic carbocycles. The van der Waals surface area contributed by atoms with Crippen LogP contribution in [-0.4, -0.2) is 6.04 Å². The number of rotatable bonds is 4. The Hall–Kier alpha value is -1.94. The number of para-hydroxylation sites is 1. The average molecular weight is 263 g/mol. The Kier molecular flexibility index (Phi) is 3.81. The minimum Gasteiger partial charge on any atom is -0.457 e. The molecule has 2 nitrogen and oxygen atoms in total. The van der Waals surface area contributed by atoms with E-state index in [0.29, 0.717) is 11.5 Å². The fourth-order valence-electron chi connectivity index (χ4n) is 1.63. The van der Waals surface area contributed by atoms with Crippen LogP contribution < -0.4 is 10.5 Å². The van der Waals surface area contributed by atoms with Crippen LogP contribution in [0, 0.1) is 0 Å². The molecule has 19 heavy (non-hydrogen) atoms. The second-order valence-electron chi connectivity index (χ2n) is 4.35. The predicted molar refractivity (Wildman–Crippen MR) is 70.5 cm³/mol. The van der Waals surface area contributed by atoms with Crippen molar-refractivity contribution < 1.29 is 13.5 Å². The largest absolute Gasteiger partial charge is 0.457 e. The molecule has 0 aliphatic rings. The number of hydrogen-bond donors (Lipinski definition) is 1. The van der Waals surface area contributed by atoms with Gasteiger partial charge in [-0.2, -0.15) is 8.78 Å². The Labute approximate surface area is 110 Å². The Morgan fingerprint density at radius 1 is 0.947 bits per heavy atom. The van der Waals surface area contributed by atoms with Crippen LogP contribution in [0.25, 0.3) is 0 Å². The molecule has 1 atom stereocenters. The first-order valence-electron chi connectivity index (χ1n) is 5.97. The summed E-state index contributed by atoms with van der Waals surface area (Å²) in [6.07, 6.45) is 0. The topological polar surface area (TPSA) is 35.2 Å². The third kappa shape index (κ3) is 3.09. The molecule has 100 valence electrons. The molecule has 0 spiro atoms. The van der Waals surface area contributed by atoms with Crippen molar-refractivity contribution in [2.24, 2.45) is 5.73 Å². The third-order valence-corrected chi connectivity index (χ3v) is 2.79. The van der Waals surface area contributed by atoms with Gasteiger partial charge in [0.2, 0.25) is 0 Å². The van der Waals surface area contributed by atoms with E-state index in [1.807, 2.05) is 18.2 Å². The molecule has 0 bridgehead atoms. The van der Waals surface area contributed by atoms with Gasteiger partial charge in [0.15, 0.2) is 0 Å². The zero-order valence-corrected chi connectivity index (χ0v) is 10.5. The molecule has 0 aromatic heterocycles. The van der Waals surface area contributed by atoms with E-state index in [1.54, 1.807) is 12.1 Å². The summed E-state index contributed by atoms with van der Waals surface area (Å²) in [5.74, 6) is -1.87. The van der Waals surface area contributed by atoms with E-state index >= 15 is 0 Å². The maximum absolute atomic E-state index is 13.7. The first-order valence-corrected chi connectivity index (χ1v) is 5.97. The summed E-state index contributed by atoms with van der Waals surface area (Å²) < 4.78 is 32.9. The highest BCUT2D eigenvalue weighted by Gasteiger charge is 2.35. The van der Waals surface area contributed by atoms with Crippen molar-refractivity contribution in [3.8, 4) is 11.5 Å².